The van der Waals surface area contributed by atoms with Gasteiger partial charge in [-0.3, -0.25) is 0 Å². The van der Waals surface area contributed by atoms with Gasteiger partial charge >= 0.3 is 5.97 Å². The first-order valence-electron chi connectivity index (χ1n) is 4.87. The zero-order chi connectivity index (χ0) is 12.6. The highest BCUT2D eigenvalue weighted by atomic mass is 127. The second kappa shape index (κ2) is 4.44. The van der Waals surface area contributed by atoms with E-state index in [1.807, 2.05) is 19.0 Å². The molecule has 1 aromatic carbocycles. The van der Waals surface area contributed by atoms with Crippen LogP contribution in [0.5, 0.6) is 0 Å². The van der Waals surface area contributed by atoms with Crippen LogP contribution in [0.15, 0.2) is 18.2 Å². The van der Waals surface area contributed by atoms with E-state index in [1.165, 1.54) is 0 Å². The van der Waals surface area contributed by atoms with Gasteiger partial charge in [0.15, 0.2) is 5.82 Å². The van der Waals surface area contributed by atoms with Crippen LogP contribution in [0.3, 0.4) is 0 Å². The van der Waals surface area contributed by atoms with E-state index in [2.05, 4.69) is 32.8 Å². The van der Waals surface area contributed by atoms with E-state index in [1.54, 1.807) is 18.2 Å². The highest BCUT2D eigenvalue weighted by molar-refractivity contribution is 14.1. The normalized spacial score (nSPS) is 10.5. The van der Waals surface area contributed by atoms with Gasteiger partial charge in [0.2, 0.25) is 0 Å². The third-order valence-electron chi connectivity index (χ3n) is 2.39. The van der Waals surface area contributed by atoms with Crippen molar-refractivity contribution in [1.82, 2.24) is 10.2 Å². The van der Waals surface area contributed by atoms with Gasteiger partial charge in [0.1, 0.15) is 3.70 Å². The molecule has 0 saturated heterocycles. The summed E-state index contributed by atoms with van der Waals surface area (Å²) in [6.45, 7) is 0. The molecule has 1 heterocycles. The number of hydrogen-bond donors (Lipinski definition) is 1. The second-order valence-corrected chi connectivity index (χ2v) is 4.80. The molecule has 0 radical (unpaired) electrons. The molecule has 0 aliphatic carbocycles. The third-order valence-corrected chi connectivity index (χ3v) is 3.18. The zero-order valence-corrected chi connectivity index (χ0v) is 11.5. The Bertz CT molecular complexity index is 599. The number of benzene rings is 1. The van der Waals surface area contributed by atoms with Crippen molar-refractivity contribution in [2.75, 3.05) is 19.0 Å². The molecule has 1 N–H and O–H groups in total. The van der Waals surface area contributed by atoms with Gasteiger partial charge in [-0.25, -0.2) is 4.79 Å². The monoisotopic (exact) mass is 343 g/mol. The Morgan fingerprint density at radius 3 is 2.59 bits per heavy atom. The van der Waals surface area contributed by atoms with Crippen molar-refractivity contribution in [2.45, 2.75) is 0 Å². The minimum Gasteiger partial charge on any atom is -0.478 e. The van der Waals surface area contributed by atoms with Gasteiger partial charge in [0, 0.05) is 24.9 Å². The van der Waals surface area contributed by atoms with Crippen LogP contribution in [0, 0.1) is 3.70 Å². The van der Waals surface area contributed by atoms with Gasteiger partial charge in [0.25, 0.3) is 0 Å². The smallest absolute Gasteiger partial charge is 0.335 e. The van der Waals surface area contributed by atoms with E-state index in [0.29, 0.717) is 3.70 Å². The zero-order valence-electron chi connectivity index (χ0n) is 9.31. The maximum absolute atomic E-state index is 10.9. The summed E-state index contributed by atoms with van der Waals surface area (Å²) in [6, 6.07) is 4.97. The van der Waals surface area contributed by atoms with Gasteiger partial charge in [-0.05, 0) is 40.8 Å². The Hall–Kier alpha value is -1.44. The number of rotatable bonds is 2. The molecule has 17 heavy (non-hydrogen) atoms. The predicted molar refractivity (Wildman–Crippen MR) is 73.5 cm³/mol. The average molecular weight is 343 g/mol. The largest absolute Gasteiger partial charge is 0.478 e. The molecule has 0 fully saturated rings. The van der Waals surface area contributed by atoms with Crippen molar-refractivity contribution in [3.63, 3.8) is 0 Å². The first kappa shape index (κ1) is 12.0. The van der Waals surface area contributed by atoms with Crippen molar-refractivity contribution in [3.05, 3.63) is 27.5 Å². The lowest BCUT2D eigenvalue weighted by Crippen LogP contribution is -2.12. The molecule has 0 aliphatic heterocycles. The first-order valence-corrected chi connectivity index (χ1v) is 5.95. The van der Waals surface area contributed by atoms with E-state index < -0.39 is 5.97 Å². The van der Waals surface area contributed by atoms with E-state index in [-0.39, 0.29) is 5.56 Å². The van der Waals surface area contributed by atoms with Crippen molar-refractivity contribution in [1.29, 1.82) is 0 Å². The number of nitrogens with zero attached hydrogens (tertiary/aromatic N) is 3. The molecule has 6 heteroatoms. The van der Waals surface area contributed by atoms with Gasteiger partial charge < -0.3 is 10.0 Å². The SMILES string of the molecule is CN(C)c1nnc(I)c2cc(C(=O)O)ccc12. The summed E-state index contributed by atoms with van der Waals surface area (Å²) in [5.41, 5.74) is 0.258. The third kappa shape index (κ3) is 2.17. The summed E-state index contributed by atoms with van der Waals surface area (Å²) >= 11 is 2.05. The molecule has 0 atom stereocenters. The van der Waals surface area contributed by atoms with E-state index >= 15 is 0 Å². The van der Waals surface area contributed by atoms with Crippen molar-refractivity contribution < 1.29 is 9.90 Å². The standard InChI is InChI=1S/C11H10IN3O2/c1-15(2)10-7-4-3-6(11(16)17)5-8(7)9(12)13-14-10/h3-5H,1-2H3,(H,16,17). The quantitative estimate of drug-likeness (QED) is 0.845. The molecule has 0 aliphatic rings. The summed E-state index contributed by atoms with van der Waals surface area (Å²) in [5, 5.41) is 18.8. The number of aromatic nitrogens is 2. The molecule has 0 spiro atoms. The van der Waals surface area contributed by atoms with Gasteiger partial charge in [-0.15, -0.1) is 10.2 Å². The molecule has 0 amide bonds. The number of carbonyl (C=O) groups is 1. The van der Waals surface area contributed by atoms with E-state index in [0.717, 1.165) is 16.6 Å². The lowest BCUT2D eigenvalue weighted by Gasteiger charge is -2.13. The van der Waals surface area contributed by atoms with Crippen LogP contribution in [0.2, 0.25) is 0 Å². The van der Waals surface area contributed by atoms with E-state index in [9.17, 15) is 4.79 Å². The van der Waals surface area contributed by atoms with Gasteiger partial charge in [-0.1, -0.05) is 0 Å². The number of halogens is 1. The lowest BCUT2D eigenvalue weighted by atomic mass is 10.1. The molecule has 0 bridgehead atoms. The van der Waals surface area contributed by atoms with Crippen LogP contribution < -0.4 is 4.90 Å². The number of fused-ring (bicyclic) bond motifs is 1. The Kier molecular flexibility index (Phi) is 3.14. The topological polar surface area (TPSA) is 66.3 Å². The molecule has 88 valence electrons. The van der Waals surface area contributed by atoms with Gasteiger partial charge in [-0.2, -0.15) is 0 Å². The number of hydrogen-bond acceptors (Lipinski definition) is 4. The molecule has 2 aromatic rings. The molecular formula is C11H10IN3O2. The van der Waals surface area contributed by atoms with Crippen molar-refractivity contribution in [3.8, 4) is 0 Å². The molecule has 1 aromatic heterocycles. The van der Waals surface area contributed by atoms with E-state index in [4.69, 9.17) is 5.11 Å². The molecule has 0 saturated carbocycles. The molecule has 2 rings (SSSR count). The lowest BCUT2D eigenvalue weighted by molar-refractivity contribution is 0.0697. The van der Waals surface area contributed by atoms with Crippen molar-refractivity contribution in [2.24, 2.45) is 0 Å². The molecule has 5 nitrogen and oxygen atoms in total. The minimum absolute atomic E-state index is 0.258. The fourth-order valence-corrected chi connectivity index (χ4v) is 2.13. The van der Waals surface area contributed by atoms with Crippen LogP contribution in [-0.2, 0) is 0 Å². The van der Waals surface area contributed by atoms with Crippen LogP contribution in [-0.4, -0.2) is 35.4 Å². The number of aromatic carboxylic acids is 1. The van der Waals surface area contributed by atoms with Crippen LogP contribution >= 0.6 is 22.6 Å². The maximum Gasteiger partial charge on any atom is 0.335 e. The summed E-state index contributed by atoms with van der Waals surface area (Å²) < 4.78 is 0.700. The highest BCUT2D eigenvalue weighted by Crippen LogP contribution is 2.26. The first-order chi connectivity index (χ1) is 8.00. The summed E-state index contributed by atoms with van der Waals surface area (Å²) in [4.78, 5) is 12.8. The predicted octanol–water partition coefficient (Wildman–Crippen LogP) is 2.00. The summed E-state index contributed by atoms with van der Waals surface area (Å²) in [6.07, 6.45) is 0. The number of carboxylic acid groups (broad SMARTS) is 1. The minimum atomic E-state index is -0.939. The highest BCUT2D eigenvalue weighted by Gasteiger charge is 2.11. The number of anilines is 1. The van der Waals surface area contributed by atoms with Crippen molar-refractivity contribution >= 4 is 45.2 Å². The summed E-state index contributed by atoms with van der Waals surface area (Å²) in [7, 11) is 3.75. The van der Waals surface area contributed by atoms with Crippen LogP contribution in [0.4, 0.5) is 5.82 Å². The molecule has 0 unspecified atom stereocenters. The number of carboxylic acids is 1. The van der Waals surface area contributed by atoms with Gasteiger partial charge in [0.05, 0.1) is 5.56 Å². The Balaban J connectivity index is 2.77. The maximum atomic E-state index is 10.9. The van der Waals surface area contributed by atoms with Crippen LogP contribution in [0.25, 0.3) is 10.8 Å². The second-order valence-electron chi connectivity index (χ2n) is 3.77. The molecular weight excluding hydrogens is 333 g/mol. The Morgan fingerprint density at radius 1 is 1.29 bits per heavy atom. The average Bonchev–Trinajstić information content (AvgIpc) is 2.28. The summed E-state index contributed by atoms with van der Waals surface area (Å²) in [5.74, 6) is -0.205. The Morgan fingerprint density at radius 2 is 2.00 bits per heavy atom. The fraction of sp³-hybridized carbons (Fsp3) is 0.182. The Labute approximate surface area is 112 Å². The fourth-order valence-electron chi connectivity index (χ4n) is 1.57. The van der Waals surface area contributed by atoms with Crippen LogP contribution in [0.1, 0.15) is 10.4 Å².